The summed E-state index contributed by atoms with van der Waals surface area (Å²) >= 11 is 4.75. The summed E-state index contributed by atoms with van der Waals surface area (Å²) in [5.74, 6) is 1.08. The smallest absolute Gasteiger partial charge is 0.252 e. The minimum atomic E-state index is -0.153. The largest absolute Gasteiger partial charge is 0.351 e. The summed E-state index contributed by atoms with van der Waals surface area (Å²) in [4.78, 5) is 19.7. The number of rotatable bonds is 4. The Bertz CT molecular complexity index is 481. The molecule has 6 heteroatoms. The minimum absolute atomic E-state index is 0.153. The average molecular weight is 247 g/mol. The van der Waals surface area contributed by atoms with Gasteiger partial charge >= 0.3 is 0 Å². The SMILES string of the molecule is O=C(NCC[S])c1ccc(-n2ccnc2)nc1. The number of nitrogens with zero attached hydrogens (tertiary/aromatic N) is 3. The fourth-order valence-electron chi connectivity index (χ4n) is 1.33. The highest BCUT2D eigenvalue weighted by atomic mass is 32.1. The molecule has 0 aliphatic rings. The van der Waals surface area contributed by atoms with Gasteiger partial charge in [-0.1, -0.05) is 12.6 Å². The third-order valence-electron chi connectivity index (χ3n) is 2.17. The molecule has 0 bridgehead atoms. The van der Waals surface area contributed by atoms with Crippen molar-refractivity contribution in [2.75, 3.05) is 12.3 Å². The number of carbonyl (C=O) groups is 1. The molecule has 2 aromatic rings. The summed E-state index contributed by atoms with van der Waals surface area (Å²) in [6, 6.07) is 3.49. The van der Waals surface area contributed by atoms with Crippen molar-refractivity contribution in [2.24, 2.45) is 0 Å². The van der Waals surface area contributed by atoms with Gasteiger partial charge < -0.3 is 5.32 Å². The second-order valence-electron chi connectivity index (χ2n) is 3.34. The first-order valence-corrected chi connectivity index (χ1v) is 5.69. The summed E-state index contributed by atoms with van der Waals surface area (Å²) in [5, 5.41) is 2.70. The fourth-order valence-corrected chi connectivity index (χ4v) is 1.44. The monoisotopic (exact) mass is 247 g/mol. The topological polar surface area (TPSA) is 59.8 Å². The molecular weight excluding hydrogens is 236 g/mol. The molecule has 0 spiro atoms. The van der Waals surface area contributed by atoms with E-state index in [0.29, 0.717) is 17.9 Å². The Morgan fingerprint density at radius 2 is 2.35 bits per heavy atom. The summed E-state index contributed by atoms with van der Waals surface area (Å²) < 4.78 is 1.77. The zero-order valence-corrected chi connectivity index (χ0v) is 9.85. The highest BCUT2D eigenvalue weighted by Gasteiger charge is 2.05. The Morgan fingerprint density at radius 3 is 2.94 bits per heavy atom. The van der Waals surface area contributed by atoms with Gasteiger partial charge in [-0.05, 0) is 12.1 Å². The van der Waals surface area contributed by atoms with Gasteiger partial charge in [0.25, 0.3) is 5.91 Å². The van der Waals surface area contributed by atoms with Gasteiger partial charge in [0.2, 0.25) is 0 Å². The van der Waals surface area contributed by atoms with E-state index in [1.807, 2.05) is 0 Å². The van der Waals surface area contributed by atoms with Crippen LogP contribution in [0.5, 0.6) is 0 Å². The first-order valence-electron chi connectivity index (χ1n) is 5.12. The van der Waals surface area contributed by atoms with Crippen LogP contribution in [0.4, 0.5) is 0 Å². The lowest BCUT2D eigenvalue weighted by Gasteiger charge is -2.04. The molecule has 0 aliphatic carbocycles. The Kier molecular flexibility index (Phi) is 3.77. The van der Waals surface area contributed by atoms with E-state index in [4.69, 9.17) is 12.6 Å². The zero-order chi connectivity index (χ0) is 12.1. The van der Waals surface area contributed by atoms with Crippen molar-refractivity contribution < 1.29 is 4.79 Å². The summed E-state index contributed by atoms with van der Waals surface area (Å²) in [5.41, 5.74) is 0.525. The van der Waals surface area contributed by atoms with Crippen molar-refractivity contribution >= 4 is 18.5 Å². The van der Waals surface area contributed by atoms with E-state index in [1.54, 1.807) is 35.4 Å². The Labute approximate surface area is 104 Å². The van der Waals surface area contributed by atoms with Gasteiger partial charge in [-0.25, -0.2) is 9.97 Å². The molecule has 0 saturated carbocycles. The van der Waals surface area contributed by atoms with Crippen LogP contribution < -0.4 is 5.32 Å². The molecule has 2 heterocycles. The first-order chi connectivity index (χ1) is 8.31. The van der Waals surface area contributed by atoms with Gasteiger partial charge in [0, 0.05) is 30.9 Å². The van der Waals surface area contributed by atoms with E-state index in [1.165, 1.54) is 6.20 Å². The number of carbonyl (C=O) groups excluding carboxylic acids is 1. The highest BCUT2D eigenvalue weighted by Crippen LogP contribution is 2.05. The number of amides is 1. The molecule has 2 aromatic heterocycles. The van der Waals surface area contributed by atoms with Crippen LogP contribution in [0.1, 0.15) is 10.4 Å². The third kappa shape index (κ3) is 2.85. The molecule has 1 N–H and O–H groups in total. The van der Waals surface area contributed by atoms with E-state index < -0.39 is 0 Å². The maximum absolute atomic E-state index is 11.6. The maximum atomic E-state index is 11.6. The second kappa shape index (κ2) is 5.49. The summed E-state index contributed by atoms with van der Waals surface area (Å²) in [6.07, 6.45) is 6.65. The summed E-state index contributed by atoms with van der Waals surface area (Å²) in [7, 11) is 0. The van der Waals surface area contributed by atoms with Gasteiger partial charge in [-0.3, -0.25) is 9.36 Å². The predicted molar refractivity (Wildman–Crippen MR) is 66.2 cm³/mol. The van der Waals surface area contributed by atoms with Gasteiger partial charge in [0.15, 0.2) is 0 Å². The van der Waals surface area contributed by atoms with E-state index >= 15 is 0 Å². The molecule has 1 amide bonds. The second-order valence-corrected chi connectivity index (χ2v) is 3.74. The average Bonchev–Trinajstić information content (AvgIpc) is 2.90. The van der Waals surface area contributed by atoms with Crippen molar-refractivity contribution in [1.29, 1.82) is 0 Å². The molecule has 5 nitrogen and oxygen atoms in total. The minimum Gasteiger partial charge on any atom is -0.351 e. The number of pyridine rings is 1. The van der Waals surface area contributed by atoms with Crippen molar-refractivity contribution in [3.8, 4) is 5.82 Å². The van der Waals surface area contributed by atoms with E-state index in [0.717, 1.165) is 5.82 Å². The number of nitrogens with one attached hydrogen (secondary N) is 1. The fraction of sp³-hybridized carbons (Fsp3) is 0.182. The van der Waals surface area contributed by atoms with Crippen LogP contribution in [-0.2, 0) is 0 Å². The molecule has 0 fully saturated rings. The van der Waals surface area contributed by atoms with Crippen LogP contribution in [0.3, 0.4) is 0 Å². The van der Waals surface area contributed by atoms with Crippen LogP contribution in [-0.4, -0.2) is 32.7 Å². The summed E-state index contributed by atoms with van der Waals surface area (Å²) in [6.45, 7) is 0.497. The van der Waals surface area contributed by atoms with Gasteiger partial charge in [0.1, 0.15) is 12.1 Å². The first kappa shape index (κ1) is 11.7. The number of hydrogen-bond donors (Lipinski definition) is 1. The zero-order valence-electron chi connectivity index (χ0n) is 9.04. The van der Waals surface area contributed by atoms with Crippen LogP contribution in [0.15, 0.2) is 37.1 Å². The van der Waals surface area contributed by atoms with Gasteiger partial charge in [-0.2, -0.15) is 0 Å². The van der Waals surface area contributed by atoms with Crippen molar-refractivity contribution in [3.63, 3.8) is 0 Å². The molecule has 0 saturated heterocycles. The molecule has 0 aliphatic heterocycles. The molecule has 17 heavy (non-hydrogen) atoms. The van der Waals surface area contributed by atoms with E-state index in [-0.39, 0.29) is 5.91 Å². The third-order valence-corrected chi connectivity index (χ3v) is 2.37. The molecule has 0 atom stereocenters. The molecule has 2 rings (SSSR count). The standard InChI is InChI=1S/C11H11N4OS/c16-11(13-4-6-17)9-1-2-10(14-7-9)15-5-3-12-8-15/h1-3,5,7-8H,4,6H2,(H,13,16). The molecule has 87 valence electrons. The van der Waals surface area contributed by atoms with E-state index in [9.17, 15) is 4.79 Å². The van der Waals surface area contributed by atoms with Crippen molar-refractivity contribution in [2.45, 2.75) is 0 Å². The normalized spacial score (nSPS) is 10.2. The predicted octanol–water partition coefficient (Wildman–Crippen LogP) is 1.19. The van der Waals surface area contributed by atoms with Crippen LogP contribution in [0, 0.1) is 0 Å². The van der Waals surface area contributed by atoms with Crippen LogP contribution in [0.2, 0.25) is 0 Å². The molecular formula is C11H11N4OS. The molecule has 0 unspecified atom stereocenters. The van der Waals surface area contributed by atoms with Crippen LogP contribution >= 0.6 is 12.6 Å². The Balaban J connectivity index is 2.10. The number of imidazole rings is 1. The lowest BCUT2D eigenvalue weighted by atomic mass is 10.2. The Morgan fingerprint density at radius 1 is 1.47 bits per heavy atom. The van der Waals surface area contributed by atoms with Crippen LogP contribution in [0.25, 0.3) is 5.82 Å². The highest BCUT2D eigenvalue weighted by molar-refractivity contribution is 7.80. The number of hydrogen-bond acceptors (Lipinski definition) is 3. The lowest BCUT2D eigenvalue weighted by molar-refractivity contribution is 0.0956. The van der Waals surface area contributed by atoms with Gasteiger partial charge in [-0.15, -0.1) is 0 Å². The number of aromatic nitrogens is 3. The molecule has 0 aromatic carbocycles. The lowest BCUT2D eigenvalue weighted by Crippen LogP contribution is -2.25. The van der Waals surface area contributed by atoms with Gasteiger partial charge in [0.05, 0.1) is 5.56 Å². The van der Waals surface area contributed by atoms with E-state index in [2.05, 4.69) is 15.3 Å². The Hall–Kier alpha value is -1.82. The quantitative estimate of drug-likeness (QED) is 0.883. The molecule has 1 radical (unpaired) electrons. The maximum Gasteiger partial charge on any atom is 0.252 e. The van der Waals surface area contributed by atoms with Crippen molar-refractivity contribution in [3.05, 3.63) is 42.6 Å². The van der Waals surface area contributed by atoms with Crippen molar-refractivity contribution in [1.82, 2.24) is 19.9 Å².